The largest absolute Gasteiger partial charge is 0.496 e. The van der Waals surface area contributed by atoms with Crippen LogP contribution in [0.15, 0.2) is 72.8 Å². The zero-order chi connectivity index (χ0) is 24.9. The van der Waals surface area contributed by atoms with Crippen LogP contribution in [0.5, 0.6) is 17.2 Å². The van der Waals surface area contributed by atoms with E-state index in [2.05, 4.69) is 18.0 Å². The molecule has 0 N–H and O–H groups in total. The first-order valence-electron chi connectivity index (χ1n) is 11.1. The molecule has 0 aliphatic carbocycles. The Bertz CT molecular complexity index is 1500. The fraction of sp³-hybridized carbons (Fsp3) is 0.172. The van der Waals surface area contributed by atoms with Crippen LogP contribution in [0.25, 0.3) is 33.1 Å². The molecular weight excluding hydrogens is 460 g/mol. The minimum Gasteiger partial charge on any atom is -0.496 e. The second-order valence-electron chi connectivity index (χ2n) is 8.01. The van der Waals surface area contributed by atoms with Crippen LogP contribution < -0.4 is 14.2 Å². The summed E-state index contributed by atoms with van der Waals surface area (Å²) in [4.78, 5) is 9.11. The summed E-state index contributed by atoms with van der Waals surface area (Å²) < 4.78 is 16.1. The van der Waals surface area contributed by atoms with Crippen LogP contribution in [0, 0.1) is 13.8 Å². The summed E-state index contributed by atoms with van der Waals surface area (Å²) in [5, 5.41) is 2.53. The average Bonchev–Trinajstić information content (AvgIpc) is 2.89. The molecule has 5 rings (SSSR count). The van der Waals surface area contributed by atoms with E-state index in [1.165, 1.54) is 0 Å². The Kier molecular flexibility index (Phi) is 7.37. The normalized spacial score (nSPS) is 10.6. The maximum Gasteiger partial charge on any atom is 0.171 e. The van der Waals surface area contributed by atoms with Gasteiger partial charge >= 0.3 is 0 Å². The number of pyridine rings is 2. The summed E-state index contributed by atoms with van der Waals surface area (Å²) in [7, 11) is 4.92. The number of fused-ring (bicyclic) bond motifs is 2. The van der Waals surface area contributed by atoms with Gasteiger partial charge < -0.3 is 14.2 Å². The van der Waals surface area contributed by atoms with Gasteiger partial charge in [-0.2, -0.15) is 0 Å². The van der Waals surface area contributed by atoms with E-state index in [1.807, 2.05) is 73.7 Å². The van der Waals surface area contributed by atoms with Crippen molar-refractivity contribution < 1.29 is 14.2 Å². The third-order valence-corrected chi connectivity index (χ3v) is 6.05. The van der Waals surface area contributed by atoms with Gasteiger partial charge in [-0.3, -0.25) is 0 Å². The van der Waals surface area contributed by atoms with Crippen molar-refractivity contribution in [2.75, 3.05) is 21.3 Å². The second kappa shape index (κ2) is 10.6. The van der Waals surface area contributed by atoms with Crippen molar-refractivity contribution in [3.05, 3.63) is 89.1 Å². The van der Waals surface area contributed by atoms with Gasteiger partial charge in [-0.05, 0) is 49.2 Å². The summed E-state index contributed by atoms with van der Waals surface area (Å²) in [6, 6.07) is 23.9. The predicted molar refractivity (Wildman–Crippen MR) is 143 cm³/mol. The average molecular weight is 487 g/mol. The molecule has 0 atom stereocenters. The molecular formula is C29H27ClN2O3. The minimum absolute atomic E-state index is 0.411. The second-order valence-corrected chi connectivity index (χ2v) is 8.37. The molecule has 2 heterocycles. The molecule has 0 radical (unpaired) electrons. The number of halogens is 1. The van der Waals surface area contributed by atoms with Crippen LogP contribution >= 0.6 is 11.6 Å². The lowest BCUT2D eigenvalue weighted by atomic mass is 10.1. The van der Waals surface area contributed by atoms with Gasteiger partial charge in [0.2, 0.25) is 0 Å². The maximum absolute atomic E-state index is 5.94. The topological polar surface area (TPSA) is 53.5 Å². The van der Waals surface area contributed by atoms with Gasteiger partial charge in [-0.15, -0.1) is 0 Å². The highest BCUT2D eigenvalue weighted by Crippen LogP contribution is 2.37. The number of hydrogen-bond acceptors (Lipinski definition) is 5. The first kappa shape index (κ1) is 24.3. The monoisotopic (exact) mass is 486 g/mol. The molecule has 0 saturated heterocycles. The number of nitrogens with zero attached hydrogens (tertiary/aromatic N) is 2. The molecule has 0 unspecified atom stereocenters. The smallest absolute Gasteiger partial charge is 0.171 e. The van der Waals surface area contributed by atoms with Gasteiger partial charge in [-0.1, -0.05) is 60.1 Å². The summed E-state index contributed by atoms with van der Waals surface area (Å²) in [5.74, 6) is 2.15. The molecule has 0 amide bonds. The summed E-state index contributed by atoms with van der Waals surface area (Å²) in [6.07, 6.45) is 0. The van der Waals surface area contributed by atoms with Crippen LogP contribution in [0.2, 0.25) is 5.15 Å². The van der Waals surface area contributed by atoms with E-state index in [9.17, 15) is 0 Å². The molecule has 0 fully saturated rings. The lowest BCUT2D eigenvalue weighted by molar-refractivity contribution is 0.409. The van der Waals surface area contributed by atoms with Crippen molar-refractivity contribution in [2.24, 2.45) is 0 Å². The number of methoxy groups -OCH3 is 3. The molecule has 5 aromatic rings. The van der Waals surface area contributed by atoms with Crippen molar-refractivity contribution >= 4 is 33.4 Å². The van der Waals surface area contributed by atoms with Crippen LogP contribution in [-0.4, -0.2) is 31.3 Å². The van der Waals surface area contributed by atoms with E-state index < -0.39 is 0 Å². The van der Waals surface area contributed by atoms with E-state index in [0.717, 1.165) is 55.7 Å². The third kappa shape index (κ3) is 5.00. The SMILES string of the molecule is COc1cc2cccc(C)c2nc1Cl.COc1ccccc1-c1nc2c(C)cccc2cc1OC. The number of aryl methyl sites for hydroxylation is 2. The van der Waals surface area contributed by atoms with Crippen molar-refractivity contribution in [3.63, 3.8) is 0 Å². The molecule has 0 bridgehead atoms. The van der Waals surface area contributed by atoms with E-state index >= 15 is 0 Å². The molecule has 5 nitrogen and oxygen atoms in total. The highest BCUT2D eigenvalue weighted by molar-refractivity contribution is 6.31. The Morgan fingerprint density at radius 3 is 1.74 bits per heavy atom. The Morgan fingerprint density at radius 1 is 0.600 bits per heavy atom. The molecule has 6 heteroatoms. The van der Waals surface area contributed by atoms with E-state index in [1.54, 1.807) is 21.3 Å². The Balaban J connectivity index is 0.000000179. The number of rotatable bonds is 4. The van der Waals surface area contributed by atoms with Gasteiger partial charge in [0.15, 0.2) is 10.9 Å². The van der Waals surface area contributed by atoms with Crippen LogP contribution in [0.4, 0.5) is 0 Å². The number of hydrogen-bond donors (Lipinski definition) is 0. The zero-order valence-corrected chi connectivity index (χ0v) is 21.2. The minimum atomic E-state index is 0.411. The molecule has 0 spiro atoms. The zero-order valence-electron chi connectivity index (χ0n) is 20.4. The van der Waals surface area contributed by atoms with Crippen LogP contribution in [0.1, 0.15) is 11.1 Å². The Hall–Kier alpha value is -3.83. The van der Waals surface area contributed by atoms with Crippen LogP contribution in [0.3, 0.4) is 0 Å². The van der Waals surface area contributed by atoms with Gasteiger partial charge in [-0.25, -0.2) is 9.97 Å². The number of benzene rings is 3. The van der Waals surface area contributed by atoms with Gasteiger partial charge in [0.25, 0.3) is 0 Å². The molecule has 0 aliphatic heterocycles. The van der Waals surface area contributed by atoms with Crippen molar-refractivity contribution in [3.8, 4) is 28.5 Å². The van der Waals surface area contributed by atoms with Gasteiger partial charge in [0.05, 0.1) is 32.4 Å². The van der Waals surface area contributed by atoms with E-state index in [-0.39, 0.29) is 0 Å². The van der Waals surface area contributed by atoms with Gasteiger partial charge in [0.1, 0.15) is 17.2 Å². The standard InChI is InChI=1S/C18H17NO2.C11H10ClNO/c1-12-7-6-8-13-11-16(21-3)18(19-17(12)13)14-9-4-5-10-15(14)20-2;1-7-4-3-5-8-6-9(14-2)11(12)13-10(7)8/h4-11H,1-3H3;3-6H,1-2H3. The molecule has 2 aromatic heterocycles. The summed E-state index contributed by atoms with van der Waals surface area (Å²) >= 11 is 5.94. The number of aromatic nitrogens is 2. The first-order chi connectivity index (χ1) is 17.0. The quantitative estimate of drug-likeness (QED) is 0.247. The first-order valence-corrected chi connectivity index (χ1v) is 11.5. The Morgan fingerprint density at radius 2 is 1.14 bits per heavy atom. The third-order valence-electron chi connectivity index (χ3n) is 5.78. The lowest BCUT2D eigenvalue weighted by Crippen LogP contribution is -1.96. The summed E-state index contributed by atoms with van der Waals surface area (Å²) in [5.41, 5.74) is 5.91. The summed E-state index contributed by atoms with van der Waals surface area (Å²) in [6.45, 7) is 4.08. The maximum atomic E-state index is 5.94. The highest BCUT2D eigenvalue weighted by atomic mass is 35.5. The Labute approximate surface area is 210 Å². The molecule has 178 valence electrons. The van der Waals surface area contributed by atoms with Crippen molar-refractivity contribution in [1.82, 2.24) is 9.97 Å². The number of para-hydroxylation sites is 3. The van der Waals surface area contributed by atoms with Crippen molar-refractivity contribution in [2.45, 2.75) is 13.8 Å². The fourth-order valence-corrected chi connectivity index (χ4v) is 4.18. The predicted octanol–water partition coefficient (Wildman–Crippen LogP) is 7.43. The lowest BCUT2D eigenvalue weighted by Gasteiger charge is -2.13. The molecule has 0 saturated carbocycles. The van der Waals surface area contributed by atoms with Crippen LogP contribution in [-0.2, 0) is 0 Å². The molecule has 0 aliphatic rings. The van der Waals surface area contributed by atoms with E-state index in [4.69, 9.17) is 30.8 Å². The molecule has 3 aromatic carbocycles. The van der Waals surface area contributed by atoms with E-state index in [0.29, 0.717) is 10.9 Å². The van der Waals surface area contributed by atoms with Gasteiger partial charge in [0, 0.05) is 16.3 Å². The highest BCUT2D eigenvalue weighted by Gasteiger charge is 2.14. The number of ether oxygens (including phenoxy) is 3. The fourth-order valence-electron chi connectivity index (χ4n) is 3.96. The molecule has 35 heavy (non-hydrogen) atoms. The van der Waals surface area contributed by atoms with Crippen molar-refractivity contribution in [1.29, 1.82) is 0 Å².